The van der Waals surface area contributed by atoms with Crippen molar-refractivity contribution in [3.8, 4) is 22.8 Å². The molecule has 3 aromatic rings. The normalized spacial score (nSPS) is 13.1. The number of hydrogen-bond acceptors (Lipinski definition) is 3. The van der Waals surface area contributed by atoms with Gasteiger partial charge in [0.2, 0.25) is 6.79 Å². The van der Waals surface area contributed by atoms with Gasteiger partial charge in [0.1, 0.15) is 5.65 Å². The summed E-state index contributed by atoms with van der Waals surface area (Å²) in [5.41, 5.74) is 3.20. The summed E-state index contributed by atoms with van der Waals surface area (Å²) in [6.45, 7) is 0.301. The van der Waals surface area contributed by atoms with Crippen molar-refractivity contribution in [2.24, 2.45) is 7.05 Å². The van der Waals surface area contributed by atoms with Gasteiger partial charge in [-0.1, -0.05) is 0 Å². The third-order valence-electron chi connectivity index (χ3n) is 3.46. The highest BCUT2D eigenvalue weighted by Crippen LogP contribution is 2.36. The van der Waals surface area contributed by atoms with Gasteiger partial charge in [-0.15, -0.1) is 0 Å². The molecule has 0 saturated carbocycles. The second kappa shape index (κ2) is 3.75. The second-order valence-corrected chi connectivity index (χ2v) is 4.57. The minimum Gasteiger partial charge on any atom is -0.454 e. The van der Waals surface area contributed by atoms with Crippen molar-refractivity contribution in [2.75, 3.05) is 6.79 Å². The van der Waals surface area contributed by atoms with Crippen LogP contribution in [0.5, 0.6) is 11.5 Å². The van der Waals surface area contributed by atoms with E-state index in [1.165, 1.54) is 0 Å². The number of pyridine rings is 1. The van der Waals surface area contributed by atoms with E-state index in [-0.39, 0.29) is 0 Å². The van der Waals surface area contributed by atoms with E-state index in [2.05, 4.69) is 21.7 Å². The lowest BCUT2D eigenvalue weighted by atomic mass is 10.1. The van der Waals surface area contributed by atoms with Crippen molar-refractivity contribution in [2.45, 2.75) is 0 Å². The molecule has 1 aliphatic heterocycles. The van der Waals surface area contributed by atoms with Gasteiger partial charge in [0.15, 0.2) is 11.5 Å². The molecule has 4 nitrogen and oxygen atoms in total. The number of ether oxygens (including phenoxy) is 2. The van der Waals surface area contributed by atoms with E-state index in [1.54, 1.807) is 0 Å². The Morgan fingerprint density at radius 3 is 2.89 bits per heavy atom. The Bertz CT molecular complexity index is 777. The van der Waals surface area contributed by atoms with Gasteiger partial charge in [0.25, 0.3) is 0 Å². The van der Waals surface area contributed by atoms with Crippen LogP contribution in [0.1, 0.15) is 0 Å². The van der Waals surface area contributed by atoms with Crippen molar-refractivity contribution in [1.29, 1.82) is 0 Å². The first-order valence-electron chi connectivity index (χ1n) is 6.13. The SMILES string of the molecule is Cn1c(-c2ccc3c(c2)OCO3)cc2cccnc21. The lowest BCUT2D eigenvalue weighted by molar-refractivity contribution is 0.174. The van der Waals surface area contributed by atoms with Crippen molar-refractivity contribution < 1.29 is 9.47 Å². The fourth-order valence-corrected chi connectivity index (χ4v) is 2.49. The molecule has 0 saturated heterocycles. The zero-order chi connectivity index (χ0) is 12.8. The van der Waals surface area contributed by atoms with Crippen LogP contribution >= 0.6 is 0 Å². The van der Waals surface area contributed by atoms with Crippen LogP contribution in [-0.4, -0.2) is 16.3 Å². The number of rotatable bonds is 1. The average Bonchev–Trinajstić information content (AvgIpc) is 3.03. The maximum atomic E-state index is 5.43. The Kier molecular flexibility index (Phi) is 2.06. The molecule has 0 atom stereocenters. The highest BCUT2D eigenvalue weighted by molar-refractivity contribution is 5.84. The Balaban J connectivity index is 1.92. The Hall–Kier alpha value is -2.49. The van der Waals surface area contributed by atoms with Gasteiger partial charge >= 0.3 is 0 Å². The third kappa shape index (κ3) is 1.50. The number of aromatic nitrogens is 2. The molecule has 1 aromatic carbocycles. The number of benzene rings is 1. The first-order chi connectivity index (χ1) is 9.33. The maximum absolute atomic E-state index is 5.43. The first kappa shape index (κ1) is 10.4. The van der Waals surface area contributed by atoms with Crippen molar-refractivity contribution in [3.63, 3.8) is 0 Å². The number of nitrogens with zero attached hydrogens (tertiary/aromatic N) is 2. The van der Waals surface area contributed by atoms with Crippen LogP contribution in [0, 0.1) is 0 Å². The fourth-order valence-electron chi connectivity index (χ4n) is 2.49. The Labute approximate surface area is 110 Å². The van der Waals surface area contributed by atoms with E-state index in [4.69, 9.17) is 9.47 Å². The van der Waals surface area contributed by atoms with E-state index in [9.17, 15) is 0 Å². The molecule has 0 unspecified atom stereocenters. The van der Waals surface area contributed by atoms with Crippen LogP contribution in [-0.2, 0) is 7.05 Å². The van der Waals surface area contributed by atoms with Crippen LogP contribution < -0.4 is 9.47 Å². The zero-order valence-corrected chi connectivity index (χ0v) is 10.5. The van der Waals surface area contributed by atoms with Crippen LogP contribution in [0.4, 0.5) is 0 Å². The standard InChI is InChI=1S/C15H12N2O2/c1-17-12(7-11-3-2-6-16-15(11)17)10-4-5-13-14(8-10)19-9-18-13/h2-8H,9H2,1H3. The molecule has 0 fully saturated rings. The molecule has 1 aliphatic rings. The summed E-state index contributed by atoms with van der Waals surface area (Å²) in [5.74, 6) is 1.61. The molecule has 0 spiro atoms. The first-order valence-corrected chi connectivity index (χ1v) is 6.13. The molecule has 4 heteroatoms. The summed E-state index contributed by atoms with van der Waals surface area (Å²) < 4.78 is 12.9. The summed E-state index contributed by atoms with van der Waals surface area (Å²) in [5, 5.41) is 1.14. The molecule has 0 bridgehead atoms. The topological polar surface area (TPSA) is 36.3 Å². The number of fused-ring (bicyclic) bond motifs is 2. The van der Waals surface area contributed by atoms with E-state index in [0.29, 0.717) is 6.79 Å². The number of hydrogen-bond donors (Lipinski definition) is 0. The van der Waals surface area contributed by atoms with E-state index in [0.717, 1.165) is 33.8 Å². The van der Waals surface area contributed by atoms with E-state index >= 15 is 0 Å². The zero-order valence-electron chi connectivity index (χ0n) is 10.5. The van der Waals surface area contributed by atoms with Gasteiger partial charge in [-0.2, -0.15) is 0 Å². The summed E-state index contributed by atoms with van der Waals surface area (Å²) in [6.07, 6.45) is 1.81. The predicted octanol–water partition coefficient (Wildman–Crippen LogP) is 2.97. The lowest BCUT2D eigenvalue weighted by Gasteiger charge is -2.05. The predicted molar refractivity (Wildman–Crippen MR) is 72.3 cm³/mol. The lowest BCUT2D eigenvalue weighted by Crippen LogP contribution is -1.93. The van der Waals surface area contributed by atoms with Gasteiger partial charge in [0.05, 0.1) is 5.69 Å². The molecule has 0 N–H and O–H groups in total. The van der Waals surface area contributed by atoms with Crippen molar-refractivity contribution >= 4 is 11.0 Å². The molecular weight excluding hydrogens is 240 g/mol. The third-order valence-corrected chi connectivity index (χ3v) is 3.46. The second-order valence-electron chi connectivity index (χ2n) is 4.57. The molecule has 19 heavy (non-hydrogen) atoms. The van der Waals surface area contributed by atoms with Crippen LogP contribution in [0.3, 0.4) is 0 Å². The molecule has 0 aliphatic carbocycles. The molecule has 2 aromatic heterocycles. The van der Waals surface area contributed by atoms with Gasteiger partial charge in [0, 0.05) is 24.2 Å². The van der Waals surface area contributed by atoms with Crippen LogP contribution in [0.2, 0.25) is 0 Å². The highest BCUT2D eigenvalue weighted by atomic mass is 16.7. The average molecular weight is 252 g/mol. The quantitative estimate of drug-likeness (QED) is 0.668. The monoisotopic (exact) mass is 252 g/mol. The van der Waals surface area contributed by atoms with Gasteiger partial charge in [-0.25, -0.2) is 4.98 Å². The molecule has 4 rings (SSSR count). The van der Waals surface area contributed by atoms with Crippen LogP contribution in [0.15, 0.2) is 42.6 Å². The minimum atomic E-state index is 0.301. The Morgan fingerprint density at radius 1 is 1.11 bits per heavy atom. The van der Waals surface area contributed by atoms with Gasteiger partial charge in [-0.3, -0.25) is 0 Å². The maximum Gasteiger partial charge on any atom is 0.231 e. The molecular formula is C15H12N2O2. The smallest absolute Gasteiger partial charge is 0.231 e. The minimum absolute atomic E-state index is 0.301. The summed E-state index contributed by atoms with van der Waals surface area (Å²) >= 11 is 0. The van der Waals surface area contributed by atoms with Crippen molar-refractivity contribution in [1.82, 2.24) is 9.55 Å². The highest BCUT2D eigenvalue weighted by Gasteiger charge is 2.15. The molecule has 0 radical (unpaired) electrons. The fraction of sp³-hybridized carbons (Fsp3) is 0.133. The van der Waals surface area contributed by atoms with Gasteiger partial charge in [-0.05, 0) is 36.4 Å². The van der Waals surface area contributed by atoms with E-state index in [1.807, 2.05) is 37.5 Å². The summed E-state index contributed by atoms with van der Waals surface area (Å²) in [7, 11) is 2.02. The number of aryl methyl sites for hydroxylation is 1. The molecule has 0 amide bonds. The van der Waals surface area contributed by atoms with Crippen molar-refractivity contribution in [3.05, 3.63) is 42.6 Å². The van der Waals surface area contributed by atoms with E-state index < -0.39 is 0 Å². The van der Waals surface area contributed by atoms with Gasteiger partial charge < -0.3 is 14.0 Å². The largest absolute Gasteiger partial charge is 0.454 e. The molecule has 94 valence electrons. The summed E-state index contributed by atoms with van der Waals surface area (Å²) in [4.78, 5) is 4.41. The van der Waals surface area contributed by atoms with Crippen LogP contribution in [0.25, 0.3) is 22.3 Å². The molecule has 3 heterocycles. The Morgan fingerprint density at radius 2 is 2.00 bits per heavy atom. The summed E-state index contributed by atoms with van der Waals surface area (Å²) in [6, 6.07) is 12.2.